The highest BCUT2D eigenvalue weighted by molar-refractivity contribution is 6.27. The summed E-state index contributed by atoms with van der Waals surface area (Å²) >= 11 is 0. The number of carbonyl (C=O) groups excluding carboxylic acids is 4. The smallest absolute Gasteiger partial charge is 0.337 e. The van der Waals surface area contributed by atoms with E-state index in [-0.39, 0.29) is 80.5 Å². The number of hydrogen-bond donors (Lipinski definition) is 10. The van der Waals surface area contributed by atoms with E-state index in [0.717, 1.165) is 12.2 Å². The van der Waals surface area contributed by atoms with Crippen molar-refractivity contribution >= 4 is 58.1 Å². The summed E-state index contributed by atoms with van der Waals surface area (Å²) < 4.78 is 0. The topological polar surface area (TPSA) is 272 Å². The number of para-hydroxylation sites is 2. The van der Waals surface area contributed by atoms with Gasteiger partial charge in [-0.1, -0.05) is 59.7 Å². The molecule has 4 atom stereocenters. The summed E-state index contributed by atoms with van der Waals surface area (Å²) in [6.45, 7) is 3.15. The molecule has 316 valence electrons. The van der Waals surface area contributed by atoms with Crippen LogP contribution in [0.4, 0.5) is 22.7 Å². The number of aromatic hydroxyl groups is 2. The van der Waals surface area contributed by atoms with Crippen LogP contribution in [0, 0.1) is 0 Å². The molecular weight excluding hydrogens is 801 g/mol. The number of aromatic carboxylic acids is 2. The molecule has 4 aromatic rings. The van der Waals surface area contributed by atoms with Crippen LogP contribution in [-0.2, 0) is 30.3 Å². The van der Waals surface area contributed by atoms with Crippen LogP contribution in [-0.4, -0.2) is 66.0 Å². The van der Waals surface area contributed by atoms with Crippen molar-refractivity contribution < 1.29 is 59.4 Å². The van der Waals surface area contributed by atoms with E-state index in [1.165, 1.54) is 97.1 Å². The normalized spacial score (nSPS) is 25.1. The molecule has 2 heterocycles. The maximum absolute atomic E-state index is 14.6. The van der Waals surface area contributed by atoms with Gasteiger partial charge in [0.15, 0.2) is 11.6 Å². The number of carboxylic acid groups (broad SMARTS) is 2. The number of aliphatic hydroxyl groups is 2. The van der Waals surface area contributed by atoms with Gasteiger partial charge in [0.2, 0.25) is 11.1 Å². The number of phenols is 2. The molecule has 0 radical (unpaired) electrons. The minimum atomic E-state index is -2.38. The molecular formula is C46H40N4O12. The largest absolute Gasteiger partial charge is 0.508 e. The highest BCUT2D eigenvalue weighted by Crippen LogP contribution is 2.48. The lowest BCUT2D eigenvalue weighted by molar-refractivity contribution is -0.130. The third kappa shape index (κ3) is 7.37. The maximum atomic E-state index is 14.6. The van der Waals surface area contributed by atoms with Gasteiger partial charge in [-0.05, 0) is 86.4 Å². The number of hydrogen-bond acceptors (Lipinski definition) is 12. The second-order valence-electron chi connectivity index (χ2n) is 15.1. The number of nitrogens with one attached hydrogen (secondary N) is 4. The fourth-order valence-corrected chi connectivity index (χ4v) is 7.96. The van der Waals surface area contributed by atoms with Crippen molar-refractivity contribution in [3.8, 4) is 11.5 Å². The van der Waals surface area contributed by atoms with Crippen LogP contribution in [0.15, 0.2) is 120 Å². The van der Waals surface area contributed by atoms with Crippen molar-refractivity contribution in [1.29, 1.82) is 0 Å². The predicted molar refractivity (Wildman–Crippen MR) is 226 cm³/mol. The number of allylic oxidation sites excluding steroid dienone is 4. The molecule has 16 heteroatoms. The van der Waals surface area contributed by atoms with Gasteiger partial charge in [0.1, 0.15) is 11.5 Å². The predicted octanol–water partition coefficient (Wildman–Crippen LogP) is 5.72. The van der Waals surface area contributed by atoms with Gasteiger partial charge >= 0.3 is 11.9 Å². The zero-order valence-corrected chi connectivity index (χ0v) is 33.1. The summed E-state index contributed by atoms with van der Waals surface area (Å²) in [6, 6.07) is 16.0. The lowest BCUT2D eigenvalue weighted by atomic mass is 9.80. The van der Waals surface area contributed by atoms with Gasteiger partial charge in [-0.2, -0.15) is 0 Å². The number of benzene rings is 4. The summed E-state index contributed by atoms with van der Waals surface area (Å²) in [6.07, 6.45) is 4.35. The molecule has 3 aliphatic rings. The Kier molecular flexibility index (Phi) is 11.1. The van der Waals surface area contributed by atoms with Crippen LogP contribution in [0.1, 0.15) is 81.9 Å². The van der Waals surface area contributed by atoms with E-state index in [1.807, 2.05) is 0 Å². The van der Waals surface area contributed by atoms with Crippen LogP contribution in [0.5, 0.6) is 11.5 Å². The molecule has 10 N–H and O–H groups in total. The van der Waals surface area contributed by atoms with E-state index in [9.17, 15) is 59.4 Å². The zero-order valence-electron chi connectivity index (χ0n) is 33.1. The number of amides is 2. The average Bonchev–Trinajstić information content (AvgIpc) is 3.67. The maximum Gasteiger partial charge on any atom is 0.337 e. The van der Waals surface area contributed by atoms with Crippen molar-refractivity contribution in [1.82, 2.24) is 0 Å². The molecule has 0 fully saturated rings. The summed E-state index contributed by atoms with van der Waals surface area (Å²) in [7, 11) is 0. The number of aliphatic hydroxyl groups excluding tert-OH is 2. The number of anilines is 4. The minimum absolute atomic E-state index is 0.0341. The Hall–Kier alpha value is -7.82. The second kappa shape index (κ2) is 16.3. The highest BCUT2D eigenvalue weighted by atomic mass is 16.4. The Balaban J connectivity index is 1.41. The van der Waals surface area contributed by atoms with E-state index in [1.54, 1.807) is 13.8 Å². The molecule has 1 aliphatic carbocycles. The Bertz CT molecular complexity index is 2550. The third-order valence-electron chi connectivity index (χ3n) is 11.0. The fourth-order valence-electron chi connectivity index (χ4n) is 7.96. The summed E-state index contributed by atoms with van der Waals surface area (Å²) in [5.41, 5.74) is -5.14. The van der Waals surface area contributed by atoms with Gasteiger partial charge in [-0.15, -0.1) is 0 Å². The van der Waals surface area contributed by atoms with E-state index in [0.29, 0.717) is 11.1 Å². The van der Waals surface area contributed by atoms with Gasteiger partial charge in [-0.25, -0.2) is 9.59 Å². The third-order valence-corrected chi connectivity index (χ3v) is 11.0. The summed E-state index contributed by atoms with van der Waals surface area (Å²) in [5.74, 6) is -7.10. The molecule has 0 aromatic heterocycles. The lowest BCUT2D eigenvalue weighted by Gasteiger charge is -2.31. The Labute approximate surface area is 353 Å². The van der Waals surface area contributed by atoms with Crippen molar-refractivity contribution in [2.75, 3.05) is 21.3 Å². The standard InChI is InChI=1S/C46H40N4O12/c1-23-11-15-35(53)29-19-25(51)21-33-39(29)46(44(62)48-33,50-32-10-6-4-8-28(32)42(59)60)38(56)18-14-24(2)12-16-36(54)30-20-26(52)22-34-40(30)45(43(61)47-34,37(55)17-13-23)49-31-9-5-3-7-27(31)41(57)58/h3-14,17-22,35-36,49-54H,15-16H2,1-2H3,(H,47,61)(H,48,62)(H,57,58)(H,59,60)/b17-13+,18-14+,23-11-,24-12+/t35-,36-,45-,46+/m0/s1. The summed E-state index contributed by atoms with van der Waals surface area (Å²) in [5, 5.41) is 76.0. The first-order chi connectivity index (χ1) is 29.5. The lowest BCUT2D eigenvalue weighted by Crippen LogP contribution is -2.49. The van der Waals surface area contributed by atoms with Crippen molar-refractivity contribution in [2.24, 2.45) is 0 Å². The van der Waals surface area contributed by atoms with Crippen molar-refractivity contribution in [2.45, 2.75) is 50.0 Å². The first-order valence-electron chi connectivity index (χ1n) is 19.2. The molecule has 0 saturated carbocycles. The number of ketones is 2. The number of phenolic OH excluding ortho intramolecular Hbond substituents is 2. The second-order valence-corrected chi connectivity index (χ2v) is 15.1. The van der Waals surface area contributed by atoms with Crippen LogP contribution in [0.25, 0.3) is 0 Å². The molecule has 62 heavy (non-hydrogen) atoms. The van der Waals surface area contributed by atoms with E-state index >= 15 is 0 Å². The van der Waals surface area contributed by atoms with Gasteiger partial charge in [0.05, 0.1) is 46.1 Å². The molecule has 2 amide bonds. The SMILES string of the molecule is CC1=C/C[C@H](O)c2cc(O)cc3c2[C@](Nc2ccccc2C(=O)O)(C(=O)/C=C/C(C)=C/C[C@H](O)c2cc(O)cc4c2[C@@](Nc2ccccc2C(=O)O)(C(=O)\C=C\1)C(=O)N4)C(=O)N3. The number of rotatable bonds is 6. The number of carboxylic acids is 2. The minimum Gasteiger partial charge on any atom is -0.508 e. The molecule has 0 saturated heterocycles. The molecule has 16 nitrogen and oxygen atoms in total. The Morgan fingerprint density at radius 1 is 0.597 bits per heavy atom. The highest BCUT2D eigenvalue weighted by Gasteiger charge is 2.56. The Morgan fingerprint density at radius 2 is 0.968 bits per heavy atom. The molecule has 2 aliphatic heterocycles. The van der Waals surface area contributed by atoms with Crippen LogP contribution in [0.2, 0.25) is 0 Å². The van der Waals surface area contributed by atoms with Gasteiger partial charge in [0.25, 0.3) is 11.8 Å². The first-order valence-corrected chi connectivity index (χ1v) is 19.2. The number of carbonyl (C=O) groups is 6. The van der Waals surface area contributed by atoms with Gasteiger partial charge in [-0.3, -0.25) is 19.2 Å². The van der Waals surface area contributed by atoms with Crippen LogP contribution in [0.3, 0.4) is 0 Å². The molecule has 0 spiro atoms. The molecule has 0 unspecified atom stereocenters. The zero-order chi connectivity index (χ0) is 44.7. The monoisotopic (exact) mass is 840 g/mol. The fraction of sp³-hybridized carbons (Fsp3) is 0.174. The van der Waals surface area contributed by atoms with Crippen molar-refractivity contribution in [3.05, 3.63) is 154 Å². The Morgan fingerprint density at radius 3 is 1.34 bits per heavy atom. The summed E-state index contributed by atoms with van der Waals surface area (Å²) in [4.78, 5) is 82.2. The van der Waals surface area contributed by atoms with Crippen LogP contribution >= 0.6 is 0 Å². The van der Waals surface area contributed by atoms with Crippen molar-refractivity contribution in [3.63, 3.8) is 0 Å². The van der Waals surface area contributed by atoms with E-state index < -0.39 is 58.6 Å². The molecule has 7 rings (SSSR count). The van der Waals surface area contributed by atoms with Gasteiger partial charge in [0, 0.05) is 23.3 Å². The average molecular weight is 841 g/mol. The van der Waals surface area contributed by atoms with Gasteiger partial charge < -0.3 is 51.9 Å². The van der Waals surface area contributed by atoms with Crippen LogP contribution < -0.4 is 21.3 Å². The quantitative estimate of drug-likeness (QED) is 0.104. The van der Waals surface area contributed by atoms with E-state index in [2.05, 4.69) is 21.3 Å². The van der Waals surface area contributed by atoms with E-state index in [4.69, 9.17) is 0 Å². The molecule has 4 aromatic carbocycles. The molecule has 0 bridgehead atoms. The first kappa shape index (κ1) is 42.3.